The summed E-state index contributed by atoms with van der Waals surface area (Å²) in [5, 5.41) is 3.18. The number of amides is 2. The van der Waals surface area contributed by atoms with E-state index in [1.54, 1.807) is 0 Å². The molecule has 0 aromatic carbocycles. The van der Waals surface area contributed by atoms with Crippen LogP contribution in [0.3, 0.4) is 0 Å². The third-order valence-corrected chi connectivity index (χ3v) is 8.56. The summed E-state index contributed by atoms with van der Waals surface area (Å²) in [6.45, 7) is 9.08. The largest absolute Gasteiger partial charge is 0.376 e. The molecule has 1 saturated carbocycles. The zero-order valence-electron chi connectivity index (χ0n) is 21.7. The first kappa shape index (κ1) is 27.3. The van der Waals surface area contributed by atoms with Crippen molar-refractivity contribution >= 4 is 11.8 Å². The first-order valence-corrected chi connectivity index (χ1v) is 14.3. The van der Waals surface area contributed by atoms with Crippen LogP contribution in [0.2, 0.25) is 0 Å². The van der Waals surface area contributed by atoms with Crippen molar-refractivity contribution in [3.8, 4) is 0 Å². The number of nitrogens with one attached hydrogen (secondary N) is 1. The van der Waals surface area contributed by atoms with Gasteiger partial charge in [0.25, 0.3) is 0 Å². The van der Waals surface area contributed by atoms with E-state index >= 15 is 0 Å². The molecule has 2 unspecified atom stereocenters. The van der Waals surface area contributed by atoms with Crippen LogP contribution in [-0.2, 0) is 9.59 Å². The Kier molecular flexibility index (Phi) is 12.3. The molecule has 4 nitrogen and oxygen atoms in total. The molecule has 2 rings (SSSR count). The number of carbonyl (C=O) groups is 2. The molecule has 2 fully saturated rings. The quantitative estimate of drug-likeness (QED) is 0.140. The molecular formula is C28H53N2O2+. The first-order chi connectivity index (χ1) is 15.6. The van der Waals surface area contributed by atoms with Crippen LogP contribution in [0.1, 0.15) is 136 Å². The molecule has 4 heteroatoms. The minimum atomic E-state index is -0.223. The average molecular weight is 450 g/mol. The minimum absolute atomic E-state index is 0.0393. The fraction of sp³-hybridized carbons (Fsp3) is 0.929. The van der Waals surface area contributed by atoms with Crippen LogP contribution in [-0.4, -0.2) is 41.5 Å². The van der Waals surface area contributed by atoms with E-state index in [1.807, 2.05) is 0 Å². The Balaban J connectivity index is 1.45. The van der Waals surface area contributed by atoms with Gasteiger partial charge in [0.15, 0.2) is 0 Å². The second kappa shape index (κ2) is 14.4. The zero-order valence-corrected chi connectivity index (χ0v) is 21.7. The van der Waals surface area contributed by atoms with E-state index in [2.05, 4.69) is 26.1 Å². The molecule has 1 saturated heterocycles. The molecule has 2 atom stereocenters. The molecule has 0 radical (unpaired) electrons. The second-order valence-corrected chi connectivity index (χ2v) is 10.6. The number of carbonyl (C=O) groups excluding carboxylic acids is 2. The molecule has 2 aliphatic rings. The highest BCUT2D eigenvalue weighted by molar-refractivity contribution is 5.93. The van der Waals surface area contributed by atoms with Gasteiger partial charge in [0.1, 0.15) is 0 Å². The predicted molar refractivity (Wildman–Crippen MR) is 134 cm³/mol. The summed E-state index contributed by atoms with van der Waals surface area (Å²) in [5.74, 6) is 0.633. The van der Waals surface area contributed by atoms with Crippen molar-refractivity contribution in [1.82, 2.24) is 5.32 Å². The Morgan fingerprint density at radius 2 is 1.34 bits per heavy atom. The van der Waals surface area contributed by atoms with Gasteiger partial charge in [-0.05, 0) is 33.1 Å². The van der Waals surface area contributed by atoms with E-state index in [4.69, 9.17) is 0 Å². The Morgan fingerprint density at radius 3 is 1.81 bits per heavy atom. The second-order valence-electron chi connectivity index (χ2n) is 10.6. The summed E-state index contributed by atoms with van der Waals surface area (Å²) in [6, 6.07) is 0. The first-order valence-electron chi connectivity index (χ1n) is 14.3. The number of unbranched alkanes of at least 4 members (excludes halogenated alkanes) is 13. The molecule has 1 spiro atoms. The molecule has 32 heavy (non-hydrogen) atoms. The van der Waals surface area contributed by atoms with Gasteiger partial charge in [-0.2, -0.15) is 0 Å². The van der Waals surface area contributed by atoms with E-state index in [0.29, 0.717) is 10.4 Å². The Bertz CT molecular complexity index is 558. The Labute approximate surface area is 198 Å². The lowest BCUT2D eigenvalue weighted by Crippen LogP contribution is -2.43. The van der Waals surface area contributed by atoms with Crippen molar-refractivity contribution in [2.75, 3.05) is 19.6 Å². The number of quaternary nitrogens is 1. The minimum Gasteiger partial charge on any atom is -0.356 e. The summed E-state index contributed by atoms with van der Waals surface area (Å²) in [4.78, 5) is 25.4. The molecule has 186 valence electrons. The SMILES string of the molecule is CCCCCCCCCCCCCCCCNC(=O)C1CCCC2(C1)C(=O)[N+]2(CC)CC. The number of nitrogens with zero attached hydrogens (tertiary/aromatic N) is 1. The smallest absolute Gasteiger partial charge is 0.356 e. The predicted octanol–water partition coefficient (Wildman–Crippen LogP) is 6.91. The lowest BCUT2D eigenvalue weighted by Gasteiger charge is -2.28. The van der Waals surface area contributed by atoms with Gasteiger partial charge in [-0.25, -0.2) is 9.28 Å². The highest BCUT2D eigenvalue weighted by Crippen LogP contribution is 2.54. The molecule has 0 aromatic heterocycles. The van der Waals surface area contributed by atoms with E-state index in [-0.39, 0.29) is 17.4 Å². The molecule has 1 N–H and O–H groups in total. The maximum Gasteiger partial charge on any atom is 0.376 e. The normalized spacial score (nSPS) is 24.1. The van der Waals surface area contributed by atoms with Gasteiger partial charge in [0.05, 0.1) is 13.1 Å². The van der Waals surface area contributed by atoms with Crippen LogP contribution in [0.4, 0.5) is 0 Å². The van der Waals surface area contributed by atoms with Gasteiger partial charge < -0.3 is 5.32 Å². The van der Waals surface area contributed by atoms with Crippen molar-refractivity contribution < 1.29 is 14.1 Å². The van der Waals surface area contributed by atoms with Gasteiger partial charge in [0, 0.05) is 25.3 Å². The van der Waals surface area contributed by atoms with Crippen LogP contribution in [0, 0.1) is 5.92 Å². The zero-order chi connectivity index (χ0) is 23.3. The van der Waals surface area contributed by atoms with Gasteiger partial charge in [-0.1, -0.05) is 90.4 Å². The van der Waals surface area contributed by atoms with Crippen LogP contribution in [0.25, 0.3) is 0 Å². The fourth-order valence-electron chi connectivity index (χ4n) is 6.38. The van der Waals surface area contributed by atoms with Crippen molar-refractivity contribution in [2.24, 2.45) is 5.92 Å². The lowest BCUT2D eigenvalue weighted by molar-refractivity contribution is -0.794. The summed E-state index contributed by atoms with van der Waals surface area (Å²) in [7, 11) is 0. The van der Waals surface area contributed by atoms with Crippen LogP contribution >= 0.6 is 0 Å². The van der Waals surface area contributed by atoms with Crippen LogP contribution in [0.5, 0.6) is 0 Å². The summed E-state index contributed by atoms with van der Waals surface area (Å²) >= 11 is 0. The van der Waals surface area contributed by atoms with Gasteiger partial charge >= 0.3 is 5.91 Å². The Morgan fingerprint density at radius 1 is 0.844 bits per heavy atom. The van der Waals surface area contributed by atoms with Gasteiger partial charge in [-0.15, -0.1) is 0 Å². The van der Waals surface area contributed by atoms with Crippen molar-refractivity contribution in [2.45, 2.75) is 142 Å². The third kappa shape index (κ3) is 7.05. The molecule has 1 heterocycles. The maximum atomic E-state index is 12.7. The molecular weight excluding hydrogens is 396 g/mol. The van der Waals surface area contributed by atoms with Crippen LogP contribution < -0.4 is 5.32 Å². The topological polar surface area (TPSA) is 46.2 Å². The van der Waals surface area contributed by atoms with Crippen LogP contribution in [0.15, 0.2) is 0 Å². The molecule has 1 aliphatic heterocycles. The van der Waals surface area contributed by atoms with Gasteiger partial charge in [0.2, 0.25) is 11.4 Å². The third-order valence-electron chi connectivity index (χ3n) is 8.56. The number of hydrogen-bond donors (Lipinski definition) is 1. The number of hydrogen-bond acceptors (Lipinski definition) is 2. The van der Waals surface area contributed by atoms with Crippen molar-refractivity contribution in [3.05, 3.63) is 0 Å². The Hall–Kier alpha value is -0.900. The standard InChI is InChI=1S/C28H52N2O2/c1-4-7-8-9-10-11-12-13-14-15-16-17-18-19-23-29-26(31)25-21-20-22-28(24-25)27(32)30(28,5-2)6-3/h25H,4-24H2,1-3H3/p+1. The van der Waals surface area contributed by atoms with Crippen molar-refractivity contribution in [1.29, 1.82) is 0 Å². The van der Waals surface area contributed by atoms with E-state index in [1.165, 1.54) is 83.5 Å². The summed E-state index contributed by atoms with van der Waals surface area (Å²) in [6.07, 6.45) is 22.7. The maximum absolute atomic E-state index is 12.7. The lowest BCUT2D eigenvalue weighted by atomic mass is 9.79. The number of likely N-dealkylation sites (N-methyl/N-ethyl adjacent to an activating group) is 1. The summed E-state index contributed by atoms with van der Waals surface area (Å²) < 4.78 is 0.621. The number of rotatable bonds is 18. The molecule has 1 aliphatic carbocycles. The van der Waals surface area contributed by atoms with E-state index < -0.39 is 0 Å². The fourth-order valence-corrected chi connectivity index (χ4v) is 6.38. The van der Waals surface area contributed by atoms with Crippen molar-refractivity contribution in [3.63, 3.8) is 0 Å². The molecule has 0 bridgehead atoms. The molecule has 2 amide bonds. The van der Waals surface area contributed by atoms with Gasteiger partial charge in [-0.3, -0.25) is 4.79 Å². The average Bonchev–Trinajstić information content (AvgIpc) is 3.30. The monoisotopic (exact) mass is 449 g/mol. The van der Waals surface area contributed by atoms with E-state index in [9.17, 15) is 9.59 Å². The molecule has 0 aromatic rings. The highest BCUT2D eigenvalue weighted by atomic mass is 16.2. The summed E-state index contributed by atoms with van der Waals surface area (Å²) in [5.41, 5.74) is -0.223. The highest BCUT2D eigenvalue weighted by Gasteiger charge is 2.79. The van der Waals surface area contributed by atoms with E-state index in [0.717, 1.165) is 51.7 Å².